The van der Waals surface area contributed by atoms with Crippen LogP contribution in [0.2, 0.25) is 0 Å². The van der Waals surface area contributed by atoms with Gasteiger partial charge in [0.2, 0.25) is 6.29 Å². The quantitative estimate of drug-likeness (QED) is 0.712. The van der Waals surface area contributed by atoms with E-state index in [-0.39, 0.29) is 0 Å². The summed E-state index contributed by atoms with van der Waals surface area (Å²) in [4.78, 5) is 11.5. The van der Waals surface area contributed by atoms with Gasteiger partial charge in [-0.1, -0.05) is 0 Å². The molecular weight excluding hydrogens is 354 g/mol. The van der Waals surface area contributed by atoms with Crippen molar-refractivity contribution in [3.8, 4) is 5.75 Å². The molecular formula is C21H23N5O2. The summed E-state index contributed by atoms with van der Waals surface area (Å²) in [7, 11) is 0. The topological polar surface area (TPSA) is 74.9 Å². The highest BCUT2D eigenvalue weighted by Crippen LogP contribution is 2.36. The number of nitrogens with zero attached hydrogens (tertiary/aromatic N) is 4. The maximum absolute atomic E-state index is 10.6. The summed E-state index contributed by atoms with van der Waals surface area (Å²) >= 11 is 0. The number of nitrogens with one attached hydrogen (secondary N) is 1. The van der Waals surface area contributed by atoms with Crippen molar-refractivity contribution in [2.75, 3.05) is 31.1 Å². The summed E-state index contributed by atoms with van der Waals surface area (Å²) in [5, 5.41) is 14.0. The highest BCUT2D eigenvalue weighted by molar-refractivity contribution is 5.86. The van der Waals surface area contributed by atoms with Gasteiger partial charge in [-0.2, -0.15) is 0 Å². The van der Waals surface area contributed by atoms with E-state index in [1.807, 2.05) is 48.9 Å². The number of piperazine rings is 1. The lowest BCUT2D eigenvalue weighted by atomic mass is 10.0. The van der Waals surface area contributed by atoms with Crippen LogP contribution in [0.15, 0.2) is 30.6 Å². The predicted molar refractivity (Wildman–Crippen MR) is 108 cm³/mol. The van der Waals surface area contributed by atoms with E-state index in [4.69, 9.17) is 4.74 Å². The molecule has 7 heteroatoms. The number of aromatic nitrogens is 3. The van der Waals surface area contributed by atoms with Crippen LogP contribution in [-0.2, 0) is 0 Å². The van der Waals surface area contributed by atoms with Crippen molar-refractivity contribution in [3.63, 3.8) is 0 Å². The Kier molecular flexibility index (Phi) is 4.07. The van der Waals surface area contributed by atoms with Gasteiger partial charge in [0.1, 0.15) is 5.75 Å². The van der Waals surface area contributed by atoms with Crippen LogP contribution in [0.5, 0.6) is 5.75 Å². The third-order valence-corrected chi connectivity index (χ3v) is 5.32. The molecule has 3 aromatic rings. The van der Waals surface area contributed by atoms with Gasteiger partial charge in [0.15, 0.2) is 5.65 Å². The molecule has 1 unspecified atom stereocenters. The number of hydrogen-bond donors (Lipinski definition) is 2. The minimum Gasteiger partial charge on any atom is -0.460 e. The molecule has 4 heterocycles. The van der Waals surface area contributed by atoms with Crippen molar-refractivity contribution in [2.24, 2.45) is 0 Å². The lowest BCUT2D eigenvalue weighted by molar-refractivity contribution is 0.0318. The molecule has 0 aliphatic carbocycles. The van der Waals surface area contributed by atoms with E-state index in [0.29, 0.717) is 17.0 Å². The third-order valence-electron chi connectivity index (χ3n) is 5.32. The zero-order valence-corrected chi connectivity index (χ0v) is 16.0. The van der Waals surface area contributed by atoms with E-state index < -0.39 is 6.29 Å². The van der Waals surface area contributed by atoms with E-state index in [2.05, 4.69) is 26.3 Å². The smallest absolute Gasteiger partial charge is 0.226 e. The zero-order chi connectivity index (χ0) is 19.3. The van der Waals surface area contributed by atoms with Gasteiger partial charge in [-0.05, 0) is 32.1 Å². The second kappa shape index (κ2) is 6.61. The molecule has 1 fully saturated rings. The SMILES string of the molecule is Cc1cn2cc(C3=Cc4ccc(N5CCNCC5)cc4OC3O)nc2c(C)n1. The summed E-state index contributed by atoms with van der Waals surface area (Å²) < 4.78 is 7.81. The first-order chi connectivity index (χ1) is 13.6. The molecule has 0 saturated carbocycles. The average molecular weight is 377 g/mol. The molecule has 2 aliphatic rings. The number of ether oxygens (including phenoxy) is 1. The van der Waals surface area contributed by atoms with E-state index >= 15 is 0 Å². The molecule has 2 aliphatic heterocycles. The van der Waals surface area contributed by atoms with Crippen LogP contribution in [0.1, 0.15) is 22.6 Å². The summed E-state index contributed by atoms with van der Waals surface area (Å²) in [6.07, 6.45) is 4.76. The number of aliphatic hydroxyl groups is 1. The van der Waals surface area contributed by atoms with Crippen molar-refractivity contribution in [2.45, 2.75) is 20.1 Å². The van der Waals surface area contributed by atoms with Crippen LogP contribution in [0.3, 0.4) is 0 Å². The van der Waals surface area contributed by atoms with Gasteiger partial charge in [-0.15, -0.1) is 0 Å². The Morgan fingerprint density at radius 2 is 1.96 bits per heavy atom. The largest absolute Gasteiger partial charge is 0.460 e. The van der Waals surface area contributed by atoms with Crippen molar-refractivity contribution in [3.05, 3.63) is 53.2 Å². The van der Waals surface area contributed by atoms with E-state index in [9.17, 15) is 5.11 Å². The third kappa shape index (κ3) is 2.93. The van der Waals surface area contributed by atoms with Crippen molar-refractivity contribution >= 4 is 23.0 Å². The van der Waals surface area contributed by atoms with Gasteiger partial charge in [-0.25, -0.2) is 4.98 Å². The average Bonchev–Trinajstić information content (AvgIpc) is 3.12. The van der Waals surface area contributed by atoms with Crippen molar-refractivity contribution in [1.29, 1.82) is 0 Å². The lowest BCUT2D eigenvalue weighted by Crippen LogP contribution is -2.43. The van der Waals surface area contributed by atoms with Crippen molar-refractivity contribution < 1.29 is 9.84 Å². The molecule has 5 rings (SSSR count). The van der Waals surface area contributed by atoms with Gasteiger partial charge < -0.3 is 24.5 Å². The number of aliphatic hydroxyl groups excluding tert-OH is 1. The Hall–Kier alpha value is -2.90. The van der Waals surface area contributed by atoms with Crippen LogP contribution in [0.4, 0.5) is 5.69 Å². The van der Waals surface area contributed by atoms with Crippen LogP contribution in [-0.4, -0.2) is 51.9 Å². The lowest BCUT2D eigenvalue weighted by Gasteiger charge is -2.31. The number of anilines is 1. The van der Waals surface area contributed by atoms with E-state index in [1.54, 1.807) is 0 Å². The Morgan fingerprint density at radius 3 is 2.79 bits per heavy atom. The molecule has 0 bridgehead atoms. The maximum Gasteiger partial charge on any atom is 0.226 e. The molecule has 7 nitrogen and oxygen atoms in total. The van der Waals surface area contributed by atoms with Crippen molar-refractivity contribution in [1.82, 2.24) is 19.7 Å². The van der Waals surface area contributed by atoms with Gasteiger partial charge >= 0.3 is 0 Å². The molecule has 1 saturated heterocycles. The van der Waals surface area contributed by atoms with Gasteiger partial charge in [0, 0.05) is 61.5 Å². The normalized spacial score (nSPS) is 19.3. The molecule has 1 aromatic carbocycles. The Labute approximate surface area is 163 Å². The molecule has 0 spiro atoms. The second-order valence-electron chi connectivity index (χ2n) is 7.35. The zero-order valence-electron chi connectivity index (χ0n) is 16.0. The molecule has 0 amide bonds. The number of benzene rings is 1. The fourth-order valence-corrected chi connectivity index (χ4v) is 3.93. The second-order valence-corrected chi connectivity index (χ2v) is 7.35. The van der Waals surface area contributed by atoms with Crippen LogP contribution in [0, 0.1) is 13.8 Å². The first-order valence-corrected chi connectivity index (χ1v) is 9.58. The first-order valence-electron chi connectivity index (χ1n) is 9.58. The molecule has 28 heavy (non-hydrogen) atoms. The molecule has 2 N–H and O–H groups in total. The fourth-order valence-electron chi connectivity index (χ4n) is 3.93. The molecule has 144 valence electrons. The Balaban J connectivity index is 1.52. The first kappa shape index (κ1) is 17.2. The molecule has 2 aromatic heterocycles. The maximum atomic E-state index is 10.6. The Morgan fingerprint density at radius 1 is 1.14 bits per heavy atom. The van der Waals surface area contributed by atoms with Gasteiger partial charge in [0.25, 0.3) is 0 Å². The minimum absolute atomic E-state index is 0.656. The standard InChI is InChI=1S/C21H23N5O2/c1-13-11-26-12-18(24-20(26)14(2)23-13)17-9-15-3-4-16(10-19(15)28-21(17)27)25-7-5-22-6-8-25/h3-4,9-12,21-22,27H,5-8H2,1-2H3. The van der Waals surface area contributed by atoms with Gasteiger partial charge in [0.05, 0.1) is 17.1 Å². The highest BCUT2D eigenvalue weighted by Gasteiger charge is 2.25. The number of aryl methyl sites for hydroxylation is 2. The fraction of sp³-hybridized carbons (Fsp3) is 0.333. The molecule has 1 atom stereocenters. The number of rotatable bonds is 2. The predicted octanol–water partition coefficient (Wildman–Crippen LogP) is 2.01. The molecule has 0 radical (unpaired) electrons. The van der Waals surface area contributed by atoms with Crippen LogP contribution >= 0.6 is 0 Å². The number of fused-ring (bicyclic) bond motifs is 2. The van der Waals surface area contributed by atoms with E-state index in [0.717, 1.165) is 54.5 Å². The summed E-state index contributed by atoms with van der Waals surface area (Å²) in [6.45, 7) is 7.79. The number of hydrogen-bond acceptors (Lipinski definition) is 6. The summed E-state index contributed by atoms with van der Waals surface area (Å²) in [6, 6.07) is 6.17. The summed E-state index contributed by atoms with van der Waals surface area (Å²) in [5.74, 6) is 0.699. The number of imidazole rings is 1. The monoisotopic (exact) mass is 377 g/mol. The van der Waals surface area contributed by atoms with E-state index in [1.165, 1.54) is 0 Å². The highest BCUT2D eigenvalue weighted by atomic mass is 16.6. The van der Waals surface area contributed by atoms with Crippen LogP contribution < -0.4 is 15.0 Å². The minimum atomic E-state index is -1.05. The Bertz CT molecular complexity index is 1080. The van der Waals surface area contributed by atoms with Crippen LogP contribution in [0.25, 0.3) is 17.3 Å². The van der Waals surface area contributed by atoms with Gasteiger partial charge in [-0.3, -0.25) is 4.98 Å². The summed E-state index contributed by atoms with van der Waals surface area (Å²) in [5.41, 5.74) is 5.99.